The lowest BCUT2D eigenvalue weighted by Crippen LogP contribution is -2.02. The molecule has 0 unspecified atom stereocenters. The highest BCUT2D eigenvalue weighted by Crippen LogP contribution is 2.23. The molecule has 0 fully saturated rings. The first kappa shape index (κ1) is 12.8. The molecule has 102 valence electrons. The highest BCUT2D eigenvalue weighted by Gasteiger charge is 2.12. The zero-order chi connectivity index (χ0) is 13.9. The molecule has 0 aliphatic heterocycles. The normalized spacial score (nSPS) is 11.1. The third-order valence-corrected chi connectivity index (χ3v) is 3.39. The minimum absolute atomic E-state index is 0.513. The molecule has 2 heterocycles. The average molecular weight is 266 g/mol. The van der Waals surface area contributed by atoms with Crippen molar-refractivity contribution in [1.29, 1.82) is 0 Å². The second-order valence-corrected chi connectivity index (χ2v) is 4.83. The van der Waals surface area contributed by atoms with E-state index in [0.29, 0.717) is 6.54 Å². The van der Waals surface area contributed by atoms with Crippen LogP contribution >= 0.6 is 0 Å². The van der Waals surface area contributed by atoms with Crippen LogP contribution in [0.25, 0.3) is 22.6 Å². The Kier molecular flexibility index (Phi) is 3.48. The molecule has 4 heteroatoms. The molecular weight excluding hydrogens is 248 g/mol. The van der Waals surface area contributed by atoms with Gasteiger partial charge in [-0.25, -0.2) is 4.98 Å². The van der Waals surface area contributed by atoms with Crippen LogP contribution in [0.5, 0.6) is 0 Å². The fraction of sp³-hybridized carbons (Fsp3) is 0.250. The maximum absolute atomic E-state index is 5.62. The third-order valence-electron chi connectivity index (χ3n) is 3.39. The van der Waals surface area contributed by atoms with Crippen LogP contribution < -0.4 is 5.73 Å². The molecule has 20 heavy (non-hydrogen) atoms. The highest BCUT2D eigenvalue weighted by molar-refractivity contribution is 5.79. The van der Waals surface area contributed by atoms with Crippen molar-refractivity contribution in [1.82, 2.24) is 14.5 Å². The van der Waals surface area contributed by atoms with Crippen LogP contribution in [0.15, 0.2) is 42.6 Å². The van der Waals surface area contributed by atoms with E-state index in [1.165, 1.54) is 0 Å². The number of hydrogen-bond donors (Lipinski definition) is 1. The highest BCUT2D eigenvalue weighted by atomic mass is 15.1. The molecule has 1 aromatic carbocycles. The first-order valence-electron chi connectivity index (χ1n) is 6.94. The number of rotatable bonds is 4. The molecule has 0 spiro atoms. The van der Waals surface area contributed by atoms with Crippen LogP contribution in [0.3, 0.4) is 0 Å². The fourth-order valence-corrected chi connectivity index (χ4v) is 2.40. The van der Waals surface area contributed by atoms with Crippen LogP contribution in [-0.2, 0) is 13.1 Å². The third kappa shape index (κ3) is 2.18. The van der Waals surface area contributed by atoms with Crippen molar-refractivity contribution in [3.63, 3.8) is 0 Å². The summed E-state index contributed by atoms with van der Waals surface area (Å²) >= 11 is 0. The van der Waals surface area contributed by atoms with E-state index in [1.807, 2.05) is 36.5 Å². The number of para-hydroxylation sites is 2. The molecule has 0 bridgehead atoms. The molecule has 0 aliphatic rings. The van der Waals surface area contributed by atoms with Crippen molar-refractivity contribution in [3.8, 4) is 11.5 Å². The Labute approximate surface area is 118 Å². The molecule has 0 aliphatic carbocycles. The second-order valence-electron chi connectivity index (χ2n) is 4.83. The Morgan fingerprint density at radius 3 is 2.70 bits per heavy atom. The van der Waals surface area contributed by atoms with Gasteiger partial charge in [0.1, 0.15) is 5.69 Å². The predicted molar refractivity (Wildman–Crippen MR) is 81.1 cm³/mol. The van der Waals surface area contributed by atoms with Gasteiger partial charge in [-0.2, -0.15) is 0 Å². The van der Waals surface area contributed by atoms with E-state index in [0.717, 1.165) is 41.1 Å². The molecule has 4 nitrogen and oxygen atoms in total. The summed E-state index contributed by atoms with van der Waals surface area (Å²) in [4.78, 5) is 9.22. The smallest absolute Gasteiger partial charge is 0.159 e. The quantitative estimate of drug-likeness (QED) is 0.789. The van der Waals surface area contributed by atoms with Gasteiger partial charge in [0, 0.05) is 19.3 Å². The minimum atomic E-state index is 0.513. The summed E-state index contributed by atoms with van der Waals surface area (Å²) < 4.78 is 2.24. The number of fused-ring (bicyclic) bond motifs is 1. The van der Waals surface area contributed by atoms with Crippen LogP contribution in [0, 0.1) is 0 Å². The van der Waals surface area contributed by atoms with Crippen molar-refractivity contribution < 1.29 is 0 Å². The van der Waals surface area contributed by atoms with E-state index in [-0.39, 0.29) is 0 Å². The molecule has 3 rings (SSSR count). The van der Waals surface area contributed by atoms with Gasteiger partial charge >= 0.3 is 0 Å². The summed E-state index contributed by atoms with van der Waals surface area (Å²) in [6.45, 7) is 3.62. The number of pyridine rings is 1. The second kappa shape index (κ2) is 5.43. The van der Waals surface area contributed by atoms with Gasteiger partial charge in [0.15, 0.2) is 5.82 Å². The first-order valence-corrected chi connectivity index (χ1v) is 6.94. The largest absolute Gasteiger partial charge is 0.326 e. The Morgan fingerprint density at radius 1 is 1.15 bits per heavy atom. The molecule has 2 aromatic heterocycles. The van der Waals surface area contributed by atoms with Crippen LogP contribution in [0.1, 0.15) is 18.9 Å². The van der Waals surface area contributed by atoms with E-state index in [1.54, 1.807) is 0 Å². The summed E-state index contributed by atoms with van der Waals surface area (Å²) in [5, 5.41) is 0. The lowest BCUT2D eigenvalue weighted by Gasteiger charge is -2.07. The minimum Gasteiger partial charge on any atom is -0.326 e. The summed E-state index contributed by atoms with van der Waals surface area (Å²) in [6, 6.07) is 12.2. The van der Waals surface area contributed by atoms with E-state index in [4.69, 9.17) is 10.7 Å². The number of nitrogens with two attached hydrogens (primary N) is 1. The molecule has 2 N–H and O–H groups in total. The van der Waals surface area contributed by atoms with Gasteiger partial charge < -0.3 is 10.3 Å². The van der Waals surface area contributed by atoms with Crippen molar-refractivity contribution >= 4 is 11.0 Å². The van der Waals surface area contributed by atoms with Crippen LogP contribution in [-0.4, -0.2) is 14.5 Å². The van der Waals surface area contributed by atoms with Crippen molar-refractivity contribution in [2.45, 2.75) is 26.4 Å². The van der Waals surface area contributed by atoms with Gasteiger partial charge in [0.05, 0.1) is 11.0 Å². The summed E-state index contributed by atoms with van der Waals surface area (Å²) in [5.74, 6) is 0.927. The Morgan fingerprint density at radius 2 is 2.00 bits per heavy atom. The van der Waals surface area contributed by atoms with E-state index < -0.39 is 0 Å². The molecule has 0 radical (unpaired) electrons. The zero-order valence-corrected chi connectivity index (χ0v) is 11.6. The molecule has 0 saturated carbocycles. The summed E-state index contributed by atoms with van der Waals surface area (Å²) in [7, 11) is 0. The molecule has 0 saturated heterocycles. The standard InChI is InChI=1S/C16H18N4/c1-2-9-20-15-6-4-3-5-13(15)19-16(20)14-8-7-12(10-17)11-18-14/h3-8,11H,2,9-10,17H2,1H3. The number of nitrogens with zero attached hydrogens (tertiary/aromatic N) is 3. The lowest BCUT2D eigenvalue weighted by molar-refractivity contribution is 0.702. The average Bonchev–Trinajstić information content (AvgIpc) is 2.87. The predicted octanol–water partition coefficient (Wildman–Crippen LogP) is 2.97. The maximum Gasteiger partial charge on any atom is 0.159 e. The number of aromatic nitrogens is 3. The molecular formula is C16H18N4. The van der Waals surface area contributed by atoms with Gasteiger partial charge in [-0.3, -0.25) is 4.98 Å². The SMILES string of the molecule is CCCn1c(-c2ccc(CN)cn2)nc2ccccc21. The summed E-state index contributed by atoms with van der Waals surface area (Å²) in [6.07, 6.45) is 2.89. The van der Waals surface area contributed by atoms with E-state index in [9.17, 15) is 0 Å². The number of hydrogen-bond acceptors (Lipinski definition) is 3. The van der Waals surface area contributed by atoms with Crippen molar-refractivity contribution in [2.24, 2.45) is 5.73 Å². The topological polar surface area (TPSA) is 56.7 Å². The lowest BCUT2D eigenvalue weighted by atomic mass is 10.2. The van der Waals surface area contributed by atoms with Gasteiger partial charge in [-0.05, 0) is 30.2 Å². The maximum atomic E-state index is 5.62. The molecule has 0 amide bonds. The first-order chi connectivity index (χ1) is 9.83. The van der Waals surface area contributed by atoms with E-state index >= 15 is 0 Å². The number of benzene rings is 1. The van der Waals surface area contributed by atoms with Crippen LogP contribution in [0.4, 0.5) is 0 Å². The molecule has 0 atom stereocenters. The number of aryl methyl sites for hydroxylation is 1. The van der Waals surface area contributed by atoms with Gasteiger partial charge in [-0.15, -0.1) is 0 Å². The zero-order valence-electron chi connectivity index (χ0n) is 11.6. The van der Waals surface area contributed by atoms with Gasteiger partial charge in [-0.1, -0.05) is 25.1 Å². The Balaban J connectivity index is 2.15. The fourth-order valence-electron chi connectivity index (χ4n) is 2.40. The van der Waals surface area contributed by atoms with Crippen molar-refractivity contribution in [3.05, 3.63) is 48.2 Å². The van der Waals surface area contributed by atoms with Crippen molar-refractivity contribution in [2.75, 3.05) is 0 Å². The van der Waals surface area contributed by atoms with Gasteiger partial charge in [0.2, 0.25) is 0 Å². The van der Waals surface area contributed by atoms with Gasteiger partial charge in [0.25, 0.3) is 0 Å². The molecule has 3 aromatic rings. The Bertz CT molecular complexity index is 713. The van der Waals surface area contributed by atoms with E-state index in [2.05, 4.69) is 22.5 Å². The Hall–Kier alpha value is -2.20. The monoisotopic (exact) mass is 266 g/mol. The van der Waals surface area contributed by atoms with Crippen LogP contribution in [0.2, 0.25) is 0 Å². The number of imidazole rings is 1. The summed E-state index contributed by atoms with van der Waals surface area (Å²) in [5.41, 5.74) is 9.72.